The second-order valence-corrected chi connectivity index (χ2v) is 1.73. The van der Waals surface area contributed by atoms with Gasteiger partial charge in [-0.25, -0.2) is 0 Å². The van der Waals surface area contributed by atoms with Crippen LogP contribution in [0.25, 0.3) is 0 Å². The Kier molecular flexibility index (Phi) is 3.98. The summed E-state index contributed by atoms with van der Waals surface area (Å²) in [4.78, 5) is 10.4. The van der Waals surface area contributed by atoms with Gasteiger partial charge in [0, 0.05) is 0 Å². The molecule has 0 heterocycles. The molecule has 0 aliphatic heterocycles. The number of carbonyl (C=O) groups is 1. The number of hydrogen-bond acceptors (Lipinski definition) is 2. The SMILES string of the molecule is C#CC(C)OC(=O)C[S]. The van der Waals surface area contributed by atoms with E-state index in [1.807, 2.05) is 0 Å². The molecule has 0 aromatic heterocycles. The maximum absolute atomic E-state index is 10.4. The van der Waals surface area contributed by atoms with Crippen molar-refractivity contribution in [3.05, 3.63) is 0 Å². The Hall–Kier alpha value is -0.620. The molecule has 0 saturated heterocycles. The second-order valence-electron chi connectivity index (χ2n) is 1.44. The molecule has 0 aliphatic carbocycles. The number of rotatable bonds is 2. The molecule has 0 fully saturated rings. The average Bonchev–Trinajstić information content (AvgIpc) is 1.87. The van der Waals surface area contributed by atoms with Crippen molar-refractivity contribution in [2.24, 2.45) is 0 Å². The van der Waals surface area contributed by atoms with E-state index in [-0.39, 0.29) is 5.75 Å². The fourth-order valence-corrected chi connectivity index (χ4v) is 0.333. The fraction of sp³-hybridized carbons (Fsp3) is 0.500. The van der Waals surface area contributed by atoms with E-state index in [0.717, 1.165) is 0 Å². The van der Waals surface area contributed by atoms with Gasteiger partial charge < -0.3 is 4.74 Å². The Balaban J connectivity index is 3.50. The summed E-state index contributed by atoms with van der Waals surface area (Å²) in [5.41, 5.74) is 0. The van der Waals surface area contributed by atoms with Gasteiger partial charge in [0.05, 0.1) is 0 Å². The molecule has 1 unspecified atom stereocenters. The van der Waals surface area contributed by atoms with Crippen LogP contribution < -0.4 is 0 Å². The molecule has 0 N–H and O–H groups in total. The van der Waals surface area contributed by atoms with Gasteiger partial charge in [-0.2, -0.15) is 0 Å². The lowest BCUT2D eigenvalue weighted by Gasteiger charge is -2.03. The Morgan fingerprint density at radius 1 is 2.00 bits per heavy atom. The van der Waals surface area contributed by atoms with E-state index >= 15 is 0 Å². The Bertz CT molecular complexity index is 136. The van der Waals surface area contributed by atoms with Gasteiger partial charge >= 0.3 is 5.97 Å². The number of ether oxygens (including phenoxy) is 1. The third-order valence-corrected chi connectivity index (χ3v) is 0.896. The molecule has 3 heteroatoms. The zero-order valence-corrected chi connectivity index (χ0v) is 5.90. The highest BCUT2D eigenvalue weighted by molar-refractivity contribution is 7.81. The first-order chi connectivity index (χ1) is 4.20. The lowest BCUT2D eigenvalue weighted by molar-refractivity contribution is -0.142. The van der Waals surface area contributed by atoms with Crippen LogP contribution in [0.3, 0.4) is 0 Å². The highest BCUT2D eigenvalue weighted by Gasteiger charge is 2.02. The lowest BCUT2D eigenvalue weighted by Crippen LogP contribution is -2.13. The van der Waals surface area contributed by atoms with Gasteiger partial charge in [0.1, 0.15) is 5.75 Å². The minimum Gasteiger partial charge on any atom is -0.449 e. The predicted octanol–water partition coefficient (Wildman–Crippen LogP) is 0.749. The monoisotopic (exact) mass is 143 g/mol. The quantitative estimate of drug-likeness (QED) is 0.421. The molecule has 1 atom stereocenters. The van der Waals surface area contributed by atoms with Crippen LogP contribution in [0.4, 0.5) is 0 Å². The van der Waals surface area contributed by atoms with Gasteiger partial charge in [-0.05, 0) is 6.92 Å². The molecule has 2 nitrogen and oxygen atoms in total. The van der Waals surface area contributed by atoms with Crippen molar-refractivity contribution in [1.82, 2.24) is 0 Å². The zero-order chi connectivity index (χ0) is 7.28. The maximum Gasteiger partial charge on any atom is 0.318 e. The molecule has 0 aromatic carbocycles. The second kappa shape index (κ2) is 4.28. The third-order valence-electron chi connectivity index (χ3n) is 0.661. The van der Waals surface area contributed by atoms with Crippen LogP contribution >= 0.6 is 12.6 Å². The van der Waals surface area contributed by atoms with Crippen LogP contribution in [0.5, 0.6) is 0 Å². The van der Waals surface area contributed by atoms with Crippen LogP contribution in [-0.4, -0.2) is 17.8 Å². The summed E-state index contributed by atoms with van der Waals surface area (Å²) in [5.74, 6) is 1.77. The van der Waals surface area contributed by atoms with Gasteiger partial charge in [0.15, 0.2) is 6.10 Å². The van der Waals surface area contributed by atoms with Crippen molar-refractivity contribution in [2.45, 2.75) is 13.0 Å². The number of esters is 1. The van der Waals surface area contributed by atoms with Gasteiger partial charge in [0.25, 0.3) is 0 Å². The molecule has 0 aliphatic rings. The lowest BCUT2D eigenvalue weighted by atomic mass is 10.4. The molecule has 1 radical (unpaired) electrons. The normalized spacial score (nSPS) is 11.7. The van der Waals surface area contributed by atoms with Crippen molar-refractivity contribution in [2.75, 3.05) is 5.75 Å². The minimum atomic E-state index is -0.458. The van der Waals surface area contributed by atoms with E-state index < -0.39 is 12.1 Å². The summed E-state index contributed by atoms with van der Waals surface area (Å²) in [6.07, 6.45) is 4.46. The summed E-state index contributed by atoms with van der Waals surface area (Å²) in [6, 6.07) is 0. The highest BCUT2D eigenvalue weighted by atomic mass is 32.1. The molecule has 9 heavy (non-hydrogen) atoms. The fourth-order valence-electron chi connectivity index (χ4n) is 0.265. The minimum absolute atomic E-state index is 0.0357. The Labute approximate surface area is 60.0 Å². The smallest absolute Gasteiger partial charge is 0.318 e. The average molecular weight is 143 g/mol. The van der Waals surface area contributed by atoms with Crippen LogP contribution in [0, 0.1) is 12.3 Å². The number of terminal acetylenes is 1. The molecule has 49 valence electrons. The van der Waals surface area contributed by atoms with Gasteiger partial charge in [-0.3, -0.25) is 4.79 Å². The largest absolute Gasteiger partial charge is 0.449 e. The topological polar surface area (TPSA) is 26.3 Å². The summed E-state index contributed by atoms with van der Waals surface area (Å²) in [6.45, 7) is 1.61. The standard InChI is InChI=1S/C6H7O2S/c1-3-5(2)8-6(7)4-9/h1,5H,4H2,2H3. The first kappa shape index (κ1) is 8.38. The first-order valence-corrected chi connectivity index (χ1v) is 3.02. The summed E-state index contributed by atoms with van der Waals surface area (Å²) < 4.78 is 4.57. The molecule has 0 rings (SSSR count). The van der Waals surface area contributed by atoms with Crippen molar-refractivity contribution in [3.8, 4) is 12.3 Å². The molecule has 0 spiro atoms. The summed E-state index contributed by atoms with van der Waals surface area (Å²) in [5, 5.41) is 0. The molecule has 0 aromatic rings. The zero-order valence-electron chi connectivity index (χ0n) is 5.09. The van der Waals surface area contributed by atoms with Crippen molar-refractivity contribution >= 4 is 18.6 Å². The predicted molar refractivity (Wildman–Crippen MR) is 36.8 cm³/mol. The number of carbonyl (C=O) groups excluding carboxylic acids is 1. The van der Waals surface area contributed by atoms with Crippen molar-refractivity contribution in [3.63, 3.8) is 0 Å². The van der Waals surface area contributed by atoms with E-state index in [2.05, 4.69) is 23.3 Å². The van der Waals surface area contributed by atoms with Crippen molar-refractivity contribution < 1.29 is 9.53 Å². The Morgan fingerprint density at radius 3 is 2.89 bits per heavy atom. The molecule has 0 bridgehead atoms. The molecule has 0 saturated carbocycles. The van der Waals surface area contributed by atoms with E-state index in [9.17, 15) is 4.79 Å². The van der Waals surface area contributed by atoms with Gasteiger partial charge in [-0.1, -0.05) is 18.5 Å². The van der Waals surface area contributed by atoms with Crippen LogP contribution in [0.2, 0.25) is 0 Å². The van der Waals surface area contributed by atoms with E-state index in [1.165, 1.54) is 0 Å². The van der Waals surface area contributed by atoms with Gasteiger partial charge in [0.2, 0.25) is 0 Å². The maximum atomic E-state index is 10.4. The highest BCUT2D eigenvalue weighted by Crippen LogP contribution is 1.89. The van der Waals surface area contributed by atoms with E-state index in [4.69, 9.17) is 6.42 Å². The van der Waals surface area contributed by atoms with E-state index in [0.29, 0.717) is 0 Å². The molecular weight excluding hydrogens is 136 g/mol. The Morgan fingerprint density at radius 2 is 2.56 bits per heavy atom. The summed E-state index contributed by atoms with van der Waals surface area (Å²) >= 11 is 4.40. The molecule has 0 amide bonds. The van der Waals surface area contributed by atoms with Crippen molar-refractivity contribution in [1.29, 1.82) is 0 Å². The molecular formula is C6H7O2S. The summed E-state index contributed by atoms with van der Waals surface area (Å²) in [7, 11) is 0. The van der Waals surface area contributed by atoms with Gasteiger partial charge in [-0.15, -0.1) is 6.42 Å². The van der Waals surface area contributed by atoms with Crippen LogP contribution in [0.15, 0.2) is 0 Å². The van der Waals surface area contributed by atoms with E-state index in [1.54, 1.807) is 6.92 Å². The first-order valence-electron chi connectivity index (χ1n) is 2.44. The number of hydrogen-bond donors (Lipinski definition) is 0. The van der Waals surface area contributed by atoms with Crippen LogP contribution in [0.1, 0.15) is 6.92 Å². The third kappa shape index (κ3) is 3.92. The van der Waals surface area contributed by atoms with Crippen LogP contribution in [-0.2, 0) is 9.53 Å².